The van der Waals surface area contributed by atoms with Crippen LogP contribution in [0.4, 0.5) is 5.69 Å². The molecule has 1 aliphatic heterocycles. The van der Waals surface area contributed by atoms with Gasteiger partial charge in [0.05, 0.1) is 5.56 Å². The van der Waals surface area contributed by atoms with Crippen molar-refractivity contribution < 1.29 is 9.90 Å². The summed E-state index contributed by atoms with van der Waals surface area (Å²) in [5.74, 6) is -0.534. The summed E-state index contributed by atoms with van der Waals surface area (Å²) < 4.78 is 0. The molecule has 9 nitrogen and oxygen atoms in total. The normalized spacial score (nSPS) is 15.7. The zero-order chi connectivity index (χ0) is 23.2. The summed E-state index contributed by atoms with van der Waals surface area (Å²) in [5.41, 5.74) is 0.391. The minimum Gasteiger partial charge on any atom is -0.505 e. The van der Waals surface area contributed by atoms with E-state index in [1.165, 1.54) is 0 Å². The molecule has 2 aromatic carbocycles. The van der Waals surface area contributed by atoms with E-state index in [1.54, 1.807) is 36.5 Å². The molecule has 0 saturated carbocycles. The lowest BCUT2D eigenvalue weighted by molar-refractivity contribution is 0.0721. The molecule has 1 amide bonds. The maximum Gasteiger partial charge on any atom is 0.257 e. The number of nitrogens with one attached hydrogen (secondary N) is 1. The van der Waals surface area contributed by atoms with Crippen molar-refractivity contribution in [3.05, 3.63) is 60.2 Å². The third-order valence-electron chi connectivity index (χ3n) is 5.66. The number of phenolic OH excluding ortho intramolecular Hbond substituents is 1. The van der Waals surface area contributed by atoms with Crippen LogP contribution in [0.5, 0.6) is 5.75 Å². The second-order valence-electron chi connectivity index (χ2n) is 7.73. The van der Waals surface area contributed by atoms with Gasteiger partial charge in [-0.15, -0.1) is 10.2 Å². The number of fused-ring (bicyclic) bond motifs is 1. The predicted molar refractivity (Wildman–Crippen MR) is 127 cm³/mol. The summed E-state index contributed by atoms with van der Waals surface area (Å²) in [6.07, 6.45) is 7.32. The number of aromatic nitrogens is 2. The minimum absolute atomic E-state index is 0.187. The number of aliphatic imine (C=N–C) groups is 1. The summed E-state index contributed by atoms with van der Waals surface area (Å²) in [6, 6.07) is 10.8. The number of hydrogen-bond acceptors (Lipinski definition) is 7. The lowest BCUT2D eigenvalue weighted by atomic mass is 10.0. The topological polar surface area (TPSA) is 127 Å². The van der Waals surface area contributed by atoms with Gasteiger partial charge in [-0.25, -0.2) is 9.97 Å². The van der Waals surface area contributed by atoms with Crippen molar-refractivity contribution in [2.24, 2.45) is 15.2 Å². The second-order valence-corrected chi connectivity index (χ2v) is 7.73. The quantitative estimate of drug-likeness (QED) is 0.342. The summed E-state index contributed by atoms with van der Waals surface area (Å²) in [4.78, 5) is 27.5. The molecule has 3 aromatic rings. The van der Waals surface area contributed by atoms with E-state index in [2.05, 4.69) is 25.2 Å². The first-order valence-electron chi connectivity index (χ1n) is 10.8. The molecule has 4 rings (SSSR count). The van der Waals surface area contributed by atoms with Crippen LogP contribution in [-0.4, -0.2) is 58.1 Å². The zero-order valence-electron chi connectivity index (χ0n) is 18.3. The van der Waals surface area contributed by atoms with E-state index in [0.717, 1.165) is 30.9 Å². The fourth-order valence-corrected chi connectivity index (χ4v) is 3.93. The number of rotatable bonds is 5. The van der Waals surface area contributed by atoms with Crippen LogP contribution in [0, 0.1) is 5.41 Å². The van der Waals surface area contributed by atoms with Crippen molar-refractivity contribution in [1.29, 1.82) is 5.41 Å². The van der Waals surface area contributed by atoms with Gasteiger partial charge in [0.25, 0.3) is 5.91 Å². The predicted octanol–water partition coefficient (Wildman–Crippen LogP) is 4.51. The van der Waals surface area contributed by atoms with Crippen molar-refractivity contribution in [3.8, 4) is 5.75 Å². The van der Waals surface area contributed by atoms with Gasteiger partial charge >= 0.3 is 0 Å². The van der Waals surface area contributed by atoms with Gasteiger partial charge in [0.2, 0.25) is 0 Å². The lowest BCUT2D eigenvalue weighted by Crippen LogP contribution is -2.35. The number of carbonyl (C=O) groups is 1. The molecule has 1 saturated heterocycles. The fourth-order valence-electron chi connectivity index (χ4n) is 3.93. The number of piperidine rings is 1. The minimum atomic E-state index is -0.688. The number of amides is 1. The first-order valence-corrected chi connectivity index (χ1v) is 10.8. The number of nitrogens with zero attached hydrogens (tertiary/aromatic N) is 6. The molecule has 0 radical (unpaired) electrons. The Morgan fingerprint density at radius 1 is 1.15 bits per heavy atom. The second kappa shape index (κ2) is 10.1. The van der Waals surface area contributed by atoms with E-state index in [-0.39, 0.29) is 28.7 Å². The van der Waals surface area contributed by atoms with E-state index in [4.69, 9.17) is 5.41 Å². The first-order chi connectivity index (χ1) is 16.1. The van der Waals surface area contributed by atoms with Crippen molar-refractivity contribution in [1.82, 2.24) is 14.9 Å². The largest absolute Gasteiger partial charge is 0.505 e. The zero-order valence-corrected chi connectivity index (χ0v) is 18.3. The molecular formula is C24H25N7O2. The number of hydrogen-bond donors (Lipinski definition) is 2. The van der Waals surface area contributed by atoms with E-state index in [9.17, 15) is 9.90 Å². The van der Waals surface area contributed by atoms with Crippen molar-refractivity contribution >= 4 is 34.4 Å². The van der Waals surface area contributed by atoms with Crippen molar-refractivity contribution in [2.45, 2.75) is 25.2 Å². The Kier molecular flexibility index (Phi) is 6.77. The number of likely N-dealkylation sites (tertiary alicyclic amines) is 1. The van der Waals surface area contributed by atoms with Gasteiger partial charge < -0.3 is 15.4 Å². The van der Waals surface area contributed by atoms with Crippen LogP contribution >= 0.6 is 0 Å². The molecule has 0 spiro atoms. The van der Waals surface area contributed by atoms with Gasteiger partial charge in [-0.05, 0) is 36.8 Å². The van der Waals surface area contributed by atoms with Gasteiger partial charge in [-0.1, -0.05) is 24.3 Å². The lowest BCUT2D eigenvalue weighted by Gasteiger charge is -2.27. The van der Waals surface area contributed by atoms with E-state index in [1.807, 2.05) is 24.3 Å². The highest BCUT2D eigenvalue weighted by Gasteiger charge is 2.24. The number of carbonyl (C=O) groups excluding carboxylic acids is 1. The molecule has 1 fully saturated rings. The summed E-state index contributed by atoms with van der Waals surface area (Å²) in [6.45, 7) is 1.35. The highest BCUT2D eigenvalue weighted by atomic mass is 16.3. The number of aromatic hydroxyl groups is 1. The van der Waals surface area contributed by atoms with Crippen LogP contribution in [0.2, 0.25) is 0 Å². The number of phenols is 1. The van der Waals surface area contributed by atoms with E-state index in [0.29, 0.717) is 24.3 Å². The van der Waals surface area contributed by atoms with Crippen molar-refractivity contribution in [2.75, 3.05) is 20.1 Å². The molecular weight excluding hydrogens is 418 g/mol. The maximum absolute atomic E-state index is 13.2. The third kappa shape index (κ3) is 4.62. The summed E-state index contributed by atoms with van der Waals surface area (Å²) in [7, 11) is 1.54. The summed E-state index contributed by atoms with van der Waals surface area (Å²) >= 11 is 0. The van der Waals surface area contributed by atoms with Gasteiger partial charge in [-0.2, -0.15) is 0 Å². The van der Waals surface area contributed by atoms with Gasteiger partial charge in [0.15, 0.2) is 11.6 Å². The van der Waals surface area contributed by atoms with E-state index < -0.39 is 5.92 Å². The molecule has 2 heterocycles. The van der Waals surface area contributed by atoms with Gasteiger partial charge in [0, 0.05) is 44.1 Å². The van der Waals surface area contributed by atoms with Crippen LogP contribution in [0.15, 0.2) is 64.0 Å². The Labute approximate surface area is 191 Å². The molecule has 1 aliphatic rings. The molecule has 1 unspecified atom stereocenters. The number of amidine groups is 1. The van der Waals surface area contributed by atoms with Crippen molar-refractivity contribution in [3.63, 3.8) is 0 Å². The van der Waals surface area contributed by atoms with Crippen LogP contribution in [0.1, 0.15) is 41.4 Å². The summed E-state index contributed by atoms with van der Waals surface area (Å²) in [5, 5.41) is 28.9. The first kappa shape index (κ1) is 22.2. The molecule has 33 heavy (non-hydrogen) atoms. The molecule has 0 aliphatic carbocycles. The number of benzene rings is 2. The molecule has 2 N–H and O–H groups in total. The Morgan fingerprint density at radius 3 is 2.58 bits per heavy atom. The Balaban J connectivity index is 1.76. The highest BCUT2D eigenvalue weighted by Crippen LogP contribution is 2.39. The SMILES string of the molecule is CN=C(N=Nc1c(O)c(C(=O)N2CCCCC2)cc2ccccc12)C(C=N)c1ncccn1. The average molecular weight is 444 g/mol. The molecule has 0 bridgehead atoms. The van der Waals surface area contributed by atoms with Gasteiger partial charge in [-0.3, -0.25) is 9.79 Å². The van der Waals surface area contributed by atoms with Crippen LogP contribution < -0.4 is 0 Å². The van der Waals surface area contributed by atoms with Crippen LogP contribution in [0.3, 0.4) is 0 Å². The van der Waals surface area contributed by atoms with Gasteiger partial charge in [0.1, 0.15) is 17.4 Å². The Morgan fingerprint density at radius 2 is 1.88 bits per heavy atom. The molecule has 168 valence electrons. The Hall–Kier alpha value is -4.01. The molecule has 1 atom stereocenters. The molecule has 9 heteroatoms. The smallest absolute Gasteiger partial charge is 0.257 e. The standard InChI is InChI=1S/C24H25N7O2/c1-26-22(19(15-25)23-27-10-7-11-28-23)30-29-20-17-9-4-3-8-16(17)14-18(21(20)32)24(33)31-12-5-2-6-13-31/h3-4,7-11,14-15,19,25,32H,2,5-6,12-13H2,1H3. The fraction of sp³-hybridized carbons (Fsp3) is 0.292. The highest BCUT2D eigenvalue weighted by molar-refractivity contribution is 6.07. The third-order valence-corrected chi connectivity index (χ3v) is 5.66. The van der Waals surface area contributed by atoms with Crippen LogP contribution in [0.25, 0.3) is 10.8 Å². The monoisotopic (exact) mass is 443 g/mol. The van der Waals surface area contributed by atoms with Crippen LogP contribution in [-0.2, 0) is 0 Å². The maximum atomic E-state index is 13.2. The number of azo groups is 1. The Bertz CT molecular complexity index is 1220. The average Bonchev–Trinajstić information content (AvgIpc) is 2.87. The van der Waals surface area contributed by atoms with E-state index >= 15 is 0 Å². The molecule has 1 aromatic heterocycles.